The largest absolute Gasteiger partial charge is 0.444 e. The number of aryl methyl sites for hydroxylation is 2. The van der Waals surface area contributed by atoms with Gasteiger partial charge in [-0.3, -0.25) is 0 Å². The van der Waals surface area contributed by atoms with Crippen molar-refractivity contribution in [1.82, 2.24) is 15.6 Å². The summed E-state index contributed by atoms with van der Waals surface area (Å²) in [6.45, 7) is 4.48. The first-order chi connectivity index (χ1) is 9.15. The number of nitrogens with zero attached hydrogens (tertiary/aromatic N) is 1. The van der Waals surface area contributed by atoms with Crippen molar-refractivity contribution in [1.29, 1.82) is 0 Å². The molecule has 2 aromatic rings. The minimum Gasteiger partial charge on any atom is -0.444 e. The van der Waals surface area contributed by atoms with Crippen LogP contribution >= 0.6 is 0 Å². The maximum Gasteiger partial charge on any atom is 0.315 e. The summed E-state index contributed by atoms with van der Waals surface area (Å²) in [7, 11) is 0. The molecule has 0 bridgehead atoms. The second-order valence-corrected chi connectivity index (χ2v) is 4.26. The Bertz CT molecular complexity index is 549. The van der Waals surface area contributed by atoms with Gasteiger partial charge in [0.05, 0.1) is 12.2 Å². The van der Waals surface area contributed by atoms with E-state index in [9.17, 15) is 4.79 Å². The van der Waals surface area contributed by atoms with Crippen molar-refractivity contribution < 1.29 is 9.21 Å². The Labute approximate surface area is 112 Å². The number of benzene rings is 1. The van der Waals surface area contributed by atoms with E-state index in [1.807, 2.05) is 37.3 Å². The van der Waals surface area contributed by atoms with E-state index >= 15 is 0 Å². The maximum absolute atomic E-state index is 11.6. The topological polar surface area (TPSA) is 67.2 Å². The number of rotatable bonds is 4. The average Bonchev–Trinajstić information content (AvgIpc) is 2.73. The molecule has 0 fully saturated rings. The van der Waals surface area contributed by atoms with E-state index in [2.05, 4.69) is 15.6 Å². The van der Waals surface area contributed by atoms with Crippen LogP contribution in [0.15, 0.2) is 34.7 Å². The lowest BCUT2D eigenvalue weighted by molar-refractivity contribution is 0.239. The zero-order chi connectivity index (χ0) is 13.7. The van der Waals surface area contributed by atoms with Crippen LogP contribution in [0.25, 0.3) is 0 Å². The molecule has 0 spiro atoms. The molecule has 0 saturated carbocycles. The second-order valence-electron chi connectivity index (χ2n) is 4.26. The van der Waals surface area contributed by atoms with E-state index in [1.165, 1.54) is 0 Å². The minimum absolute atomic E-state index is 0.225. The van der Waals surface area contributed by atoms with E-state index in [4.69, 9.17) is 4.42 Å². The number of hydrogen-bond acceptors (Lipinski definition) is 3. The summed E-state index contributed by atoms with van der Waals surface area (Å²) in [6, 6.07) is 9.52. The average molecular weight is 259 g/mol. The van der Waals surface area contributed by atoms with Crippen LogP contribution < -0.4 is 10.6 Å². The number of urea groups is 1. The third kappa shape index (κ3) is 3.84. The summed E-state index contributed by atoms with van der Waals surface area (Å²) in [6.07, 6.45) is 0. The lowest BCUT2D eigenvalue weighted by atomic mass is 10.2. The first-order valence-corrected chi connectivity index (χ1v) is 6.13. The summed E-state index contributed by atoms with van der Waals surface area (Å²) in [5, 5.41) is 5.52. The number of carbonyl (C=O) groups is 1. The quantitative estimate of drug-likeness (QED) is 0.885. The number of hydrogen-bond donors (Lipinski definition) is 2. The summed E-state index contributed by atoms with van der Waals surface area (Å²) < 4.78 is 5.37. The van der Waals surface area contributed by atoms with E-state index < -0.39 is 0 Å². The number of carbonyl (C=O) groups excluding carboxylic acids is 1. The fourth-order valence-electron chi connectivity index (χ4n) is 1.74. The molecule has 0 radical (unpaired) electrons. The fourth-order valence-corrected chi connectivity index (χ4v) is 1.74. The maximum atomic E-state index is 11.6. The monoisotopic (exact) mass is 259 g/mol. The Morgan fingerprint density at radius 1 is 1.16 bits per heavy atom. The van der Waals surface area contributed by atoms with Gasteiger partial charge >= 0.3 is 6.03 Å². The van der Waals surface area contributed by atoms with Gasteiger partial charge < -0.3 is 15.1 Å². The van der Waals surface area contributed by atoms with Gasteiger partial charge in [-0.2, -0.15) is 0 Å². The van der Waals surface area contributed by atoms with Crippen LogP contribution in [-0.4, -0.2) is 11.0 Å². The van der Waals surface area contributed by atoms with Crippen molar-refractivity contribution >= 4 is 6.03 Å². The van der Waals surface area contributed by atoms with Crippen LogP contribution in [0.1, 0.15) is 22.9 Å². The molecule has 1 aromatic heterocycles. The van der Waals surface area contributed by atoms with Crippen molar-refractivity contribution in [3.63, 3.8) is 0 Å². The Morgan fingerprint density at radius 2 is 1.84 bits per heavy atom. The molecule has 1 heterocycles. The molecule has 5 heteroatoms. The van der Waals surface area contributed by atoms with Gasteiger partial charge in [-0.05, 0) is 12.5 Å². The highest BCUT2D eigenvalue weighted by Gasteiger charge is 2.08. The molecule has 2 rings (SSSR count). The third-order valence-electron chi connectivity index (χ3n) is 2.70. The van der Waals surface area contributed by atoms with Crippen LogP contribution in [0.5, 0.6) is 0 Å². The Kier molecular flexibility index (Phi) is 4.18. The summed E-state index contributed by atoms with van der Waals surface area (Å²) in [4.78, 5) is 15.8. The molecular formula is C14H17N3O2. The predicted octanol–water partition coefficient (Wildman–Crippen LogP) is 2.29. The molecule has 19 heavy (non-hydrogen) atoms. The van der Waals surface area contributed by atoms with Crippen molar-refractivity contribution in [3.05, 3.63) is 53.2 Å². The smallest absolute Gasteiger partial charge is 0.315 e. The molecule has 0 aliphatic heterocycles. The number of amides is 2. The Morgan fingerprint density at radius 3 is 2.47 bits per heavy atom. The van der Waals surface area contributed by atoms with E-state index in [1.54, 1.807) is 6.92 Å². The number of oxazole rings is 1. The Hall–Kier alpha value is -2.30. The summed E-state index contributed by atoms with van der Waals surface area (Å²) in [5.41, 5.74) is 1.87. The van der Waals surface area contributed by atoms with Crippen LogP contribution in [0, 0.1) is 13.8 Å². The third-order valence-corrected chi connectivity index (χ3v) is 2.70. The Balaban J connectivity index is 1.77. The van der Waals surface area contributed by atoms with Crippen LogP contribution in [-0.2, 0) is 13.1 Å². The van der Waals surface area contributed by atoms with E-state index in [-0.39, 0.29) is 6.03 Å². The van der Waals surface area contributed by atoms with Gasteiger partial charge in [-0.15, -0.1) is 0 Å². The van der Waals surface area contributed by atoms with Gasteiger partial charge in [0.1, 0.15) is 5.76 Å². The second kappa shape index (κ2) is 6.04. The van der Waals surface area contributed by atoms with Crippen LogP contribution in [0.3, 0.4) is 0 Å². The van der Waals surface area contributed by atoms with E-state index in [0.29, 0.717) is 24.7 Å². The summed E-state index contributed by atoms with van der Waals surface area (Å²) in [5.74, 6) is 1.30. The van der Waals surface area contributed by atoms with Gasteiger partial charge in [0, 0.05) is 13.5 Å². The highest BCUT2D eigenvalue weighted by molar-refractivity contribution is 5.73. The van der Waals surface area contributed by atoms with Gasteiger partial charge in [0.15, 0.2) is 5.89 Å². The predicted molar refractivity (Wildman–Crippen MR) is 71.5 cm³/mol. The summed E-state index contributed by atoms with van der Waals surface area (Å²) >= 11 is 0. The first kappa shape index (κ1) is 13.1. The zero-order valence-corrected chi connectivity index (χ0v) is 11.1. The molecule has 2 amide bonds. The van der Waals surface area contributed by atoms with Gasteiger partial charge in [-0.25, -0.2) is 9.78 Å². The molecule has 100 valence electrons. The fraction of sp³-hybridized carbons (Fsp3) is 0.286. The molecule has 2 N–H and O–H groups in total. The number of nitrogens with one attached hydrogen (secondary N) is 2. The lowest BCUT2D eigenvalue weighted by Gasteiger charge is -2.06. The van der Waals surface area contributed by atoms with Crippen molar-refractivity contribution in [3.8, 4) is 0 Å². The molecule has 0 atom stereocenters. The molecular weight excluding hydrogens is 242 g/mol. The van der Waals surface area contributed by atoms with Crippen LogP contribution in [0.2, 0.25) is 0 Å². The molecule has 0 aliphatic carbocycles. The lowest BCUT2D eigenvalue weighted by Crippen LogP contribution is -2.34. The molecule has 0 saturated heterocycles. The molecule has 1 aromatic carbocycles. The molecule has 0 aliphatic rings. The zero-order valence-electron chi connectivity index (χ0n) is 11.1. The highest BCUT2D eigenvalue weighted by Crippen LogP contribution is 2.08. The standard InChI is InChI=1S/C14H17N3O2/c1-10-13(19-11(2)17-10)9-16-14(18)15-8-12-6-4-3-5-7-12/h3-7H,8-9H2,1-2H3,(H2,15,16,18). The molecule has 0 unspecified atom stereocenters. The van der Waals surface area contributed by atoms with Gasteiger partial charge in [0.25, 0.3) is 0 Å². The van der Waals surface area contributed by atoms with E-state index in [0.717, 1.165) is 11.3 Å². The number of aromatic nitrogens is 1. The van der Waals surface area contributed by atoms with Gasteiger partial charge in [0.2, 0.25) is 0 Å². The molecule has 5 nitrogen and oxygen atoms in total. The highest BCUT2D eigenvalue weighted by atomic mass is 16.4. The van der Waals surface area contributed by atoms with Gasteiger partial charge in [-0.1, -0.05) is 30.3 Å². The van der Waals surface area contributed by atoms with Crippen molar-refractivity contribution in [2.75, 3.05) is 0 Å². The normalized spacial score (nSPS) is 10.2. The minimum atomic E-state index is -0.225. The SMILES string of the molecule is Cc1nc(C)c(CNC(=O)NCc2ccccc2)o1. The van der Waals surface area contributed by atoms with Crippen molar-refractivity contribution in [2.24, 2.45) is 0 Å². The van der Waals surface area contributed by atoms with Crippen LogP contribution in [0.4, 0.5) is 4.79 Å². The first-order valence-electron chi connectivity index (χ1n) is 6.13. The van der Waals surface area contributed by atoms with Crippen molar-refractivity contribution in [2.45, 2.75) is 26.9 Å².